The number of aromatic nitrogens is 2. The number of nitrogens with zero attached hydrogens (tertiary/aromatic N) is 2. The Hall–Kier alpha value is -3.27. The Morgan fingerprint density at radius 1 is 0.833 bits per heavy atom. The van der Waals surface area contributed by atoms with Gasteiger partial charge in [-0.15, -0.1) is 0 Å². The minimum atomic E-state index is -0.286. The Morgan fingerprint density at radius 2 is 1.50 bits per heavy atom. The minimum absolute atomic E-state index is 0.163. The lowest BCUT2D eigenvalue weighted by molar-refractivity contribution is 0.590. The summed E-state index contributed by atoms with van der Waals surface area (Å²) >= 11 is 0. The molecule has 0 aliphatic heterocycles. The standard InChI is InChI=1S/C26H26FN3/c1-26(2,3)21-10-8-20(9-11-21)19-6-4-18(5-7-19)14-15-28-25-23-16-22(27)12-13-24(23)29-17-30-25/h4-13,16-17H,14-15H2,1-3H3,(H,28,29,30). The zero-order valence-corrected chi connectivity index (χ0v) is 17.6. The van der Waals surface area contributed by atoms with Crippen LogP contribution in [0.4, 0.5) is 10.2 Å². The Bertz CT molecular complexity index is 1140. The van der Waals surface area contributed by atoms with E-state index in [9.17, 15) is 4.39 Å². The van der Waals surface area contributed by atoms with E-state index in [1.165, 1.54) is 40.7 Å². The average Bonchev–Trinajstić information content (AvgIpc) is 2.74. The highest BCUT2D eigenvalue weighted by Crippen LogP contribution is 2.26. The summed E-state index contributed by atoms with van der Waals surface area (Å²) in [6.07, 6.45) is 2.35. The number of halogens is 1. The molecule has 30 heavy (non-hydrogen) atoms. The van der Waals surface area contributed by atoms with Crippen molar-refractivity contribution in [1.82, 2.24) is 9.97 Å². The van der Waals surface area contributed by atoms with Crippen LogP contribution in [-0.4, -0.2) is 16.5 Å². The number of hydrogen-bond donors (Lipinski definition) is 1. The molecule has 152 valence electrons. The van der Waals surface area contributed by atoms with Crippen molar-refractivity contribution in [2.45, 2.75) is 32.6 Å². The molecule has 1 N–H and O–H groups in total. The zero-order valence-electron chi connectivity index (χ0n) is 17.6. The minimum Gasteiger partial charge on any atom is -0.369 e. The van der Waals surface area contributed by atoms with Gasteiger partial charge >= 0.3 is 0 Å². The Labute approximate surface area is 177 Å². The quantitative estimate of drug-likeness (QED) is 0.423. The van der Waals surface area contributed by atoms with Crippen molar-refractivity contribution < 1.29 is 4.39 Å². The van der Waals surface area contributed by atoms with Gasteiger partial charge in [-0.2, -0.15) is 0 Å². The summed E-state index contributed by atoms with van der Waals surface area (Å²) in [5, 5.41) is 4.01. The van der Waals surface area contributed by atoms with Crippen LogP contribution in [0.2, 0.25) is 0 Å². The summed E-state index contributed by atoms with van der Waals surface area (Å²) in [6, 6.07) is 22.0. The first-order valence-corrected chi connectivity index (χ1v) is 10.2. The molecule has 0 saturated carbocycles. The second kappa shape index (κ2) is 8.23. The van der Waals surface area contributed by atoms with Gasteiger partial charge in [0.05, 0.1) is 5.52 Å². The van der Waals surface area contributed by atoms with E-state index < -0.39 is 0 Å². The topological polar surface area (TPSA) is 37.8 Å². The van der Waals surface area contributed by atoms with Crippen LogP contribution in [0, 0.1) is 5.82 Å². The molecule has 0 atom stereocenters. The molecule has 1 heterocycles. The predicted molar refractivity (Wildman–Crippen MR) is 122 cm³/mol. The Kier molecular flexibility index (Phi) is 5.49. The van der Waals surface area contributed by atoms with Crippen molar-refractivity contribution in [3.63, 3.8) is 0 Å². The fourth-order valence-electron chi connectivity index (χ4n) is 3.52. The molecule has 4 rings (SSSR count). The normalized spacial score (nSPS) is 11.6. The van der Waals surface area contributed by atoms with E-state index in [1.807, 2.05) is 0 Å². The van der Waals surface area contributed by atoms with Crippen LogP contribution in [-0.2, 0) is 11.8 Å². The largest absolute Gasteiger partial charge is 0.369 e. The van der Waals surface area contributed by atoms with E-state index in [4.69, 9.17) is 0 Å². The lowest BCUT2D eigenvalue weighted by Crippen LogP contribution is -2.10. The summed E-state index contributed by atoms with van der Waals surface area (Å²) in [5.74, 6) is 0.376. The van der Waals surface area contributed by atoms with Crippen LogP contribution in [0.3, 0.4) is 0 Å². The molecule has 0 bridgehead atoms. The molecule has 0 fully saturated rings. The van der Waals surface area contributed by atoms with Crippen molar-refractivity contribution >= 4 is 16.7 Å². The van der Waals surface area contributed by atoms with Crippen LogP contribution in [0.5, 0.6) is 0 Å². The predicted octanol–water partition coefficient (Wildman–Crippen LogP) is 6.39. The summed E-state index contributed by atoms with van der Waals surface area (Å²) in [5.41, 5.74) is 5.91. The maximum Gasteiger partial charge on any atom is 0.137 e. The van der Waals surface area contributed by atoms with Crippen LogP contribution in [0.25, 0.3) is 22.0 Å². The van der Waals surface area contributed by atoms with Crippen molar-refractivity contribution in [3.05, 3.63) is 90.0 Å². The van der Waals surface area contributed by atoms with Crippen LogP contribution >= 0.6 is 0 Å². The summed E-state index contributed by atoms with van der Waals surface area (Å²) in [4.78, 5) is 8.46. The molecule has 3 nitrogen and oxygen atoms in total. The van der Waals surface area contributed by atoms with E-state index in [1.54, 1.807) is 6.07 Å². The van der Waals surface area contributed by atoms with Crippen LogP contribution in [0.15, 0.2) is 73.1 Å². The molecular formula is C26H26FN3. The first-order chi connectivity index (χ1) is 14.4. The lowest BCUT2D eigenvalue weighted by Gasteiger charge is -2.19. The van der Waals surface area contributed by atoms with Crippen molar-refractivity contribution in [2.24, 2.45) is 0 Å². The summed E-state index contributed by atoms with van der Waals surface area (Å²) in [7, 11) is 0. The molecule has 0 aliphatic carbocycles. The van der Waals surface area contributed by atoms with Crippen LogP contribution < -0.4 is 5.32 Å². The van der Waals surface area contributed by atoms with E-state index in [-0.39, 0.29) is 11.2 Å². The molecule has 4 heteroatoms. The lowest BCUT2D eigenvalue weighted by atomic mass is 9.86. The fraction of sp³-hybridized carbons (Fsp3) is 0.231. The van der Waals surface area contributed by atoms with Gasteiger partial charge in [0, 0.05) is 11.9 Å². The fourth-order valence-corrected chi connectivity index (χ4v) is 3.52. The molecule has 0 saturated heterocycles. The Balaban J connectivity index is 1.40. The molecule has 0 radical (unpaired) electrons. The second-order valence-corrected chi connectivity index (χ2v) is 8.58. The molecule has 3 aromatic carbocycles. The van der Waals surface area contributed by atoms with Crippen molar-refractivity contribution in [3.8, 4) is 11.1 Å². The van der Waals surface area contributed by atoms with Gasteiger partial charge in [-0.25, -0.2) is 14.4 Å². The van der Waals surface area contributed by atoms with E-state index in [0.717, 1.165) is 11.9 Å². The molecule has 0 unspecified atom stereocenters. The number of rotatable bonds is 5. The molecule has 0 aliphatic rings. The van der Waals surface area contributed by atoms with Crippen LogP contribution in [0.1, 0.15) is 31.9 Å². The molecule has 1 aromatic heterocycles. The monoisotopic (exact) mass is 399 g/mol. The van der Waals surface area contributed by atoms with E-state index in [0.29, 0.717) is 17.7 Å². The van der Waals surface area contributed by atoms with Gasteiger partial charge in [0.2, 0.25) is 0 Å². The highest BCUT2D eigenvalue weighted by molar-refractivity contribution is 5.88. The van der Waals surface area contributed by atoms with Crippen molar-refractivity contribution in [1.29, 1.82) is 0 Å². The molecule has 4 aromatic rings. The van der Waals surface area contributed by atoms with Gasteiger partial charge in [0.25, 0.3) is 0 Å². The highest BCUT2D eigenvalue weighted by Gasteiger charge is 2.13. The van der Waals surface area contributed by atoms with E-state index in [2.05, 4.69) is 84.6 Å². The van der Waals surface area contributed by atoms with Gasteiger partial charge in [0.15, 0.2) is 0 Å². The maximum absolute atomic E-state index is 13.6. The first-order valence-electron chi connectivity index (χ1n) is 10.2. The highest BCUT2D eigenvalue weighted by atomic mass is 19.1. The van der Waals surface area contributed by atoms with Crippen molar-refractivity contribution in [2.75, 3.05) is 11.9 Å². The van der Waals surface area contributed by atoms with Gasteiger partial charge in [-0.3, -0.25) is 0 Å². The third kappa shape index (κ3) is 4.48. The second-order valence-electron chi connectivity index (χ2n) is 8.58. The Morgan fingerprint density at radius 3 is 2.17 bits per heavy atom. The number of fused-ring (bicyclic) bond motifs is 1. The SMILES string of the molecule is CC(C)(C)c1ccc(-c2ccc(CCNc3ncnc4ccc(F)cc34)cc2)cc1. The molecule has 0 amide bonds. The van der Waals surface area contributed by atoms with Gasteiger partial charge in [-0.05, 0) is 52.3 Å². The van der Waals surface area contributed by atoms with E-state index >= 15 is 0 Å². The first kappa shape index (κ1) is 20.0. The zero-order chi connectivity index (χ0) is 21.1. The third-order valence-electron chi connectivity index (χ3n) is 5.34. The molecule has 0 spiro atoms. The summed E-state index contributed by atoms with van der Waals surface area (Å²) in [6.45, 7) is 7.39. The van der Waals surface area contributed by atoms with Gasteiger partial charge in [-0.1, -0.05) is 69.3 Å². The third-order valence-corrected chi connectivity index (χ3v) is 5.34. The number of benzene rings is 3. The average molecular weight is 400 g/mol. The summed E-state index contributed by atoms with van der Waals surface area (Å²) < 4.78 is 13.6. The smallest absolute Gasteiger partial charge is 0.137 e. The van der Waals surface area contributed by atoms with Gasteiger partial charge < -0.3 is 5.32 Å². The number of hydrogen-bond acceptors (Lipinski definition) is 3. The van der Waals surface area contributed by atoms with Gasteiger partial charge in [0.1, 0.15) is 18.0 Å². The maximum atomic E-state index is 13.6. The molecular weight excluding hydrogens is 373 g/mol. The number of anilines is 1. The number of nitrogens with one attached hydrogen (secondary N) is 1.